The van der Waals surface area contributed by atoms with Crippen LogP contribution in [0.2, 0.25) is 5.02 Å². The van der Waals surface area contributed by atoms with E-state index >= 15 is 0 Å². The number of nitrogens with zero attached hydrogens (tertiary/aromatic N) is 3. The summed E-state index contributed by atoms with van der Waals surface area (Å²) < 4.78 is 0. The number of non-ortho nitro benzene ring substituents is 1. The first-order valence-corrected chi connectivity index (χ1v) is 7.97. The summed E-state index contributed by atoms with van der Waals surface area (Å²) in [7, 11) is 0. The van der Waals surface area contributed by atoms with Crippen molar-refractivity contribution in [1.29, 1.82) is 0 Å². The molecule has 0 unspecified atom stereocenters. The summed E-state index contributed by atoms with van der Waals surface area (Å²) >= 11 is 5.84. The van der Waals surface area contributed by atoms with Crippen LogP contribution in [0.1, 0.15) is 5.56 Å². The van der Waals surface area contributed by atoms with Crippen molar-refractivity contribution in [3.63, 3.8) is 0 Å². The van der Waals surface area contributed by atoms with E-state index in [2.05, 4.69) is 5.16 Å². The van der Waals surface area contributed by atoms with Crippen molar-refractivity contribution in [2.75, 3.05) is 4.90 Å². The molecule has 9 heteroatoms. The van der Waals surface area contributed by atoms with Gasteiger partial charge in [-0.2, -0.15) is 0 Å². The van der Waals surface area contributed by atoms with Gasteiger partial charge in [-0.3, -0.25) is 19.7 Å². The molecule has 0 spiro atoms. The van der Waals surface area contributed by atoms with E-state index in [0.717, 1.165) is 4.90 Å². The Labute approximate surface area is 151 Å². The molecule has 2 aromatic rings. The Hall–Kier alpha value is -3.26. The van der Waals surface area contributed by atoms with Crippen LogP contribution in [-0.4, -0.2) is 28.6 Å². The van der Waals surface area contributed by atoms with Gasteiger partial charge in [-0.25, -0.2) is 4.90 Å². The van der Waals surface area contributed by atoms with Gasteiger partial charge in [0.25, 0.3) is 11.6 Å². The average molecular weight is 372 g/mol. The Morgan fingerprint density at radius 3 is 2.54 bits per heavy atom. The summed E-state index contributed by atoms with van der Waals surface area (Å²) in [6, 6.07) is 12.0. The van der Waals surface area contributed by atoms with Crippen LogP contribution in [0, 0.1) is 16.0 Å². The molecule has 8 nitrogen and oxygen atoms in total. The van der Waals surface area contributed by atoms with Gasteiger partial charge in [0.05, 0.1) is 10.6 Å². The fraction of sp³-hybridized carbons (Fsp3) is 0.118. The molecule has 0 N–H and O–H groups in total. The molecule has 0 aliphatic carbocycles. The van der Waals surface area contributed by atoms with Gasteiger partial charge in [0.2, 0.25) is 12.0 Å². The molecular formula is C17H10ClN3O5. The van der Waals surface area contributed by atoms with E-state index in [4.69, 9.17) is 16.4 Å². The third kappa shape index (κ3) is 2.42. The van der Waals surface area contributed by atoms with Gasteiger partial charge >= 0.3 is 0 Å². The zero-order valence-corrected chi connectivity index (χ0v) is 13.8. The zero-order valence-electron chi connectivity index (χ0n) is 13.0. The number of imide groups is 1. The number of fused-ring (bicyclic) bond motifs is 1. The first-order valence-electron chi connectivity index (χ1n) is 7.59. The van der Waals surface area contributed by atoms with Crippen LogP contribution in [0.4, 0.5) is 11.4 Å². The minimum Gasteiger partial charge on any atom is -0.381 e. The maximum absolute atomic E-state index is 12.9. The van der Waals surface area contributed by atoms with Crippen LogP contribution in [-0.2, 0) is 14.4 Å². The Morgan fingerprint density at radius 1 is 1.12 bits per heavy atom. The molecule has 2 atom stereocenters. The zero-order chi connectivity index (χ0) is 18.4. The molecule has 2 aliphatic rings. The number of nitro groups is 1. The maximum atomic E-state index is 12.9. The lowest BCUT2D eigenvalue weighted by molar-refractivity contribution is -0.384. The number of halogens is 1. The quantitative estimate of drug-likeness (QED) is 0.468. The van der Waals surface area contributed by atoms with Gasteiger partial charge in [-0.15, -0.1) is 0 Å². The number of benzene rings is 2. The minimum absolute atomic E-state index is 0.139. The number of carbonyl (C=O) groups excluding carboxylic acids is 2. The number of oxime groups is 1. The van der Waals surface area contributed by atoms with E-state index in [9.17, 15) is 19.7 Å². The van der Waals surface area contributed by atoms with Gasteiger partial charge in [-0.1, -0.05) is 28.9 Å². The molecule has 4 rings (SSSR count). The van der Waals surface area contributed by atoms with Crippen LogP contribution < -0.4 is 4.90 Å². The predicted octanol–water partition coefficient (Wildman–Crippen LogP) is 2.54. The van der Waals surface area contributed by atoms with E-state index < -0.39 is 28.8 Å². The molecule has 130 valence electrons. The monoisotopic (exact) mass is 371 g/mol. The van der Waals surface area contributed by atoms with Gasteiger partial charge < -0.3 is 4.84 Å². The Bertz CT molecular complexity index is 973. The molecule has 1 saturated heterocycles. The maximum Gasteiger partial charge on any atom is 0.278 e. The van der Waals surface area contributed by atoms with Crippen molar-refractivity contribution in [2.24, 2.45) is 11.1 Å². The van der Waals surface area contributed by atoms with Crippen molar-refractivity contribution in [1.82, 2.24) is 0 Å². The van der Waals surface area contributed by atoms with Crippen LogP contribution in [0.15, 0.2) is 53.7 Å². The molecule has 1 fully saturated rings. The van der Waals surface area contributed by atoms with Crippen molar-refractivity contribution in [3.8, 4) is 0 Å². The second-order valence-corrected chi connectivity index (χ2v) is 6.21. The smallest absolute Gasteiger partial charge is 0.278 e. The summed E-state index contributed by atoms with van der Waals surface area (Å²) in [6.45, 7) is 0. The lowest BCUT2D eigenvalue weighted by Gasteiger charge is -2.15. The molecule has 0 saturated carbocycles. The number of hydrogen-bond donors (Lipinski definition) is 0. The molecule has 2 aromatic carbocycles. The van der Waals surface area contributed by atoms with Crippen molar-refractivity contribution >= 4 is 40.5 Å². The highest BCUT2D eigenvalue weighted by Gasteiger charge is 2.56. The molecule has 0 radical (unpaired) electrons. The van der Waals surface area contributed by atoms with Crippen molar-refractivity contribution in [3.05, 3.63) is 69.2 Å². The van der Waals surface area contributed by atoms with Crippen LogP contribution >= 0.6 is 11.6 Å². The second-order valence-electron chi connectivity index (χ2n) is 5.78. The third-order valence-electron chi connectivity index (χ3n) is 4.25. The SMILES string of the molecule is O=C1[C@@H]2C(c3cccc([N+](=O)[O-])c3)=NO[C@H]2C(=O)N1c1ccc(Cl)cc1. The summed E-state index contributed by atoms with van der Waals surface area (Å²) in [5, 5.41) is 15.3. The standard InChI is InChI=1S/C17H10ClN3O5/c18-10-4-6-11(7-5-10)20-16(22)13-14(19-26-15(13)17(20)23)9-2-1-3-12(8-9)21(24)25/h1-8,13,15H/t13-,15-/m1/s1. The number of anilines is 1. The summed E-state index contributed by atoms with van der Waals surface area (Å²) in [6.07, 6.45) is -1.08. The third-order valence-corrected chi connectivity index (χ3v) is 4.50. The van der Waals surface area contributed by atoms with Crippen LogP contribution in [0.25, 0.3) is 0 Å². The van der Waals surface area contributed by atoms with E-state index in [-0.39, 0.29) is 11.4 Å². The van der Waals surface area contributed by atoms with E-state index in [1.807, 2.05) is 0 Å². The van der Waals surface area contributed by atoms with Crippen LogP contribution in [0.5, 0.6) is 0 Å². The highest BCUT2D eigenvalue weighted by Crippen LogP contribution is 2.35. The van der Waals surface area contributed by atoms with E-state index in [1.165, 1.54) is 18.2 Å². The number of carbonyl (C=O) groups is 2. The summed E-state index contributed by atoms with van der Waals surface area (Å²) in [5.41, 5.74) is 0.806. The Kier molecular flexibility index (Phi) is 3.69. The summed E-state index contributed by atoms with van der Waals surface area (Å²) in [5.74, 6) is -1.98. The highest BCUT2D eigenvalue weighted by atomic mass is 35.5. The van der Waals surface area contributed by atoms with Gasteiger partial charge in [0.15, 0.2) is 0 Å². The van der Waals surface area contributed by atoms with Gasteiger partial charge in [-0.05, 0) is 24.3 Å². The normalized spacial score (nSPS) is 21.4. The van der Waals surface area contributed by atoms with Crippen molar-refractivity contribution < 1.29 is 19.3 Å². The average Bonchev–Trinajstić information content (AvgIpc) is 3.17. The van der Waals surface area contributed by atoms with Crippen molar-refractivity contribution in [2.45, 2.75) is 6.10 Å². The predicted molar refractivity (Wildman–Crippen MR) is 91.9 cm³/mol. The topological polar surface area (TPSA) is 102 Å². The Morgan fingerprint density at radius 2 is 1.85 bits per heavy atom. The first kappa shape index (κ1) is 16.2. The van der Waals surface area contributed by atoms with E-state index in [0.29, 0.717) is 16.3 Å². The lowest BCUT2D eigenvalue weighted by atomic mass is 9.94. The second kappa shape index (κ2) is 5.92. The summed E-state index contributed by atoms with van der Waals surface area (Å²) in [4.78, 5) is 42.1. The largest absolute Gasteiger partial charge is 0.381 e. The fourth-order valence-corrected chi connectivity index (χ4v) is 3.17. The Balaban J connectivity index is 1.70. The number of hydrogen-bond acceptors (Lipinski definition) is 6. The number of amides is 2. The molecule has 2 aliphatic heterocycles. The molecule has 26 heavy (non-hydrogen) atoms. The number of rotatable bonds is 3. The minimum atomic E-state index is -1.08. The molecule has 2 amide bonds. The lowest BCUT2D eigenvalue weighted by Crippen LogP contribution is -2.33. The van der Waals surface area contributed by atoms with Crippen LogP contribution in [0.3, 0.4) is 0 Å². The highest BCUT2D eigenvalue weighted by molar-refractivity contribution is 6.33. The molecular weight excluding hydrogens is 362 g/mol. The molecule has 0 bridgehead atoms. The van der Waals surface area contributed by atoms with Gasteiger partial charge in [0, 0.05) is 22.7 Å². The number of nitro benzene ring substituents is 1. The molecule has 2 heterocycles. The van der Waals surface area contributed by atoms with E-state index in [1.54, 1.807) is 30.3 Å². The first-order chi connectivity index (χ1) is 12.5. The fourth-order valence-electron chi connectivity index (χ4n) is 3.04. The van der Waals surface area contributed by atoms with Gasteiger partial charge in [0.1, 0.15) is 11.6 Å². The molecule has 0 aromatic heterocycles.